The summed E-state index contributed by atoms with van der Waals surface area (Å²) in [5, 5.41) is 2.96. The lowest BCUT2D eigenvalue weighted by Gasteiger charge is -1.99. The number of hydrogen-bond acceptors (Lipinski definition) is 5. The van der Waals surface area contributed by atoms with E-state index in [2.05, 4.69) is 4.98 Å². The number of nitrogens with zero attached hydrogens (tertiary/aromatic N) is 1. The summed E-state index contributed by atoms with van der Waals surface area (Å²) in [6, 6.07) is 3.99. The molecule has 0 atom stereocenters. The van der Waals surface area contributed by atoms with Crippen molar-refractivity contribution in [1.82, 2.24) is 4.98 Å². The van der Waals surface area contributed by atoms with E-state index in [1.165, 1.54) is 16.2 Å². The van der Waals surface area contributed by atoms with Gasteiger partial charge in [0.25, 0.3) is 5.19 Å². The quantitative estimate of drug-likeness (QED) is 0.753. The Balaban J connectivity index is 2.10. The fraction of sp³-hybridized carbons (Fsp3) is 0.111. The third-order valence-electron chi connectivity index (χ3n) is 1.53. The van der Waals surface area contributed by atoms with Crippen molar-refractivity contribution in [3.63, 3.8) is 0 Å². The highest BCUT2D eigenvalue weighted by Crippen LogP contribution is 2.20. The van der Waals surface area contributed by atoms with Crippen molar-refractivity contribution < 1.29 is 4.74 Å². The molecule has 2 rings (SSSR count). The van der Waals surface area contributed by atoms with Crippen molar-refractivity contribution >= 4 is 39.9 Å². The van der Waals surface area contributed by atoms with E-state index in [9.17, 15) is 0 Å². The van der Waals surface area contributed by atoms with Gasteiger partial charge in [-0.25, -0.2) is 4.98 Å². The fourth-order valence-corrected chi connectivity index (χ4v) is 2.49. The zero-order valence-corrected chi connectivity index (χ0v) is 9.84. The molecule has 0 aromatic carbocycles. The van der Waals surface area contributed by atoms with Crippen molar-refractivity contribution in [2.24, 2.45) is 0 Å². The molecule has 2 aromatic rings. The van der Waals surface area contributed by atoms with Crippen LogP contribution in [0.15, 0.2) is 23.7 Å². The van der Waals surface area contributed by atoms with Gasteiger partial charge >= 0.3 is 0 Å². The number of aromatic nitrogens is 1. The number of hydrogen-bond donors (Lipinski definition) is 0. The Morgan fingerprint density at radius 1 is 1.50 bits per heavy atom. The van der Waals surface area contributed by atoms with Gasteiger partial charge in [-0.05, 0) is 31.3 Å². The first kappa shape index (κ1) is 9.76. The normalized spacial score (nSPS) is 10.1. The summed E-state index contributed by atoms with van der Waals surface area (Å²) < 4.78 is 5.40. The van der Waals surface area contributed by atoms with Gasteiger partial charge in [0.15, 0.2) is 0 Å². The number of aryl methyl sites for hydroxylation is 1. The van der Waals surface area contributed by atoms with E-state index < -0.39 is 0 Å². The lowest BCUT2D eigenvalue weighted by atomic mass is 10.4. The molecule has 0 unspecified atom stereocenters. The van der Waals surface area contributed by atoms with Gasteiger partial charge in [0.1, 0.15) is 0 Å². The predicted molar refractivity (Wildman–Crippen MR) is 63.5 cm³/mol. The van der Waals surface area contributed by atoms with E-state index in [4.69, 9.17) is 17.0 Å². The highest BCUT2D eigenvalue weighted by Gasteiger charge is 2.07. The van der Waals surface area contributed by atoms with Gasteiger partial charge in [0.2, 0.25) is 5.05 Å². The molecule has 2 heterocycles. The zero-order valence-electron chi connectivity index (χ0n) is 7.39. The van der Waals surface area contributed by atoms with Crippen LogP contribution < -0.4 is 4.74 Å². The molecule has 5 heteroatoms. The Morgan fingerprint density at radius 3 is 2.93 bits per heavy atom. The van der Waals surface area contributed by atoms with E-state index in [0.717, 1.165) is 4.88 Å². The molecule has 0 aliphatic carbocycles. The minimum atomic E-state index is 0.498. The first-order chi connectivity index (χ1) is 6.75. The van der Waals surface area contributed by atoms with Gasteiger partial charge in [-0.2, -0.15) is 0 Å². The van der Waals surface area contributed by atoms with Crippen molar-refractivity contribution in [3.05, 3.63) is 33.5 Å². The molecule has 0 bridgehead atoms. The smallest absolute Gasteiger partial charge is 0.279 e. The maximum absolute atomic E-state index is 5.40. The molecule has 2 aromatic heterocycles. The van der Waals surface area contributed by atoms with E-state index in [-0.39, 0.29) is 0 Å². The Kier molecular flexibility index (Phi) is 2.90. The maximum atomic E-state index is 5.40. The van der Waals surface area contributed by atoms with Gasteiger partial charge in [-0.1, -0.05) is 11.3 Å². The van der Waals surface area contributed by atoms with Gasteiger partial charge < -0.3 is 4.74 Å². The molecule has 0 fully saturated rings. The van der Waals surface area contributed by atoms with Crippen LogP contribution in [0.5, 0.6) is 5.19 Å². The van der Waals surface area contributed by atoms with Crippen LogP contribution in [0, 0.1) is 6.92 Å². The largest absolute Gasteiger partial charge is 0.417 e. The number of rotatable bonds is 2. The zero-order chi connectivity index (χ0) is 9.97. The van der Waals surface area contributed by atoms with E-state index in [0.29, 0.717) is 10.2 Å². The third kappa shape index (κ3) is 2.17. The summed E-state index contributed by atoms with van der Waals surface area (Å²) >= 11 is 8.20. The highest BCUT2D eigenvalue weighted by atomic mass is 32.1. The standard InChI is InChI=1S/C9H7NOS3/c1-6-2-3-7(14-6)8(12)11-9-10-4-5-13-9/h2-5H,1H3. The average molecular weight is 241 g/mol. The Bertz CT molecular complexity index is 433. The summed E-state index contributed by atoms with van der Waals surface area (Å²) in [5.41, 5.74) is 0. The summed E-state index contributed by atoms with van der Waals surface area (Å²) in [6.07, 6.45) is 1.70. The van der Waals surface area contributed by atoms with Crippen LogP contribution in [-0.2, 0) is 0 Å². The Hall–Kier alpha value is -0.780. The molecule has 0 N–H and O–H groups in total. The van der Waals surface area contributed by atoms with Crippen molar-refractivity contribution in [2.45, 2.75) is 6.92 Å². The molecule has 0 saturated heterocycles. The molecule has 0 saturated carbocycles. The van der Waals surface area contributed by atoms with Gasteiger partial charge in [-0.3, -0.25) is 0 Å². The van der Waals surface area contributed by atoms with E-state index in [1.807, 2.05) is 24.4 Å². The fourth-order valence-electron chi connectivity index (χ4n) is 0.935. The number of thiophene rings is 1. The van der Waals surface area contributed by atoms with Crippen LogP contribution in [-0.4, -0.2) is 10.0 Å². The summed E-state index contributed by atoms with van der Waals surface area (Å²) in [4.78, 5) is 6.21. The lowest BCUT2D eigenvalue weighted by molar-refractivity contribution is 0.562. The second kappa shape index (κ2) is 4.16. The molecule has 0 spiro atoms. The van der Waals surface area contributed by atoms with Gasteiger partial charge in [0, 0.05) is 16.5 Å². The summed E-state index contributed by atoms with van der Waals surface area (Å²) in [7, 11) is 0. The minimum Gasteiger partial charge on any atom is -0.417 e. The van der Waals surface area contributed by atoms with Crippen LogP contribution in [0.3, 0.4) is 0 Å². The third-order valence-corrected chi connectivity index (χ3v) is 3.61. The molecular weight excluding hydrogens is 234 g/mol. The number of thiazole rings is 1. The summed E-state index contributed by atoms with van der Waals surface area (Å²) in [6.45, 7) is 2.04. The minimum absolute atomic E-state index is 0.498. The number of thiocarbonyl (C=S) groups is 1. The van der Waals surface area contributed by atoms with Crippen LogP contribution in [0.25, 0.3) is 0 Å². The topological polar surface area (TPSA) is 22.1 Å². The van der Waals surface area contributed by atoms with Gasteiger partial charge in [0.05, 0.1) is 4.88 Å². The summed E-state index contributed by atoms with van der Waals surface area (Å²) in [5.74, 6) is 0. The predicted octanol–water partition coefficient (Wildman–Crippen LogP) is 3.27. The van der Waals surface area contributed by atoms with Crippen molar-refractivity contribution in [2.75, 3.05) is 0 Å². The molecule has 0 amide bonds. The first-order valence-corrected chi connectivity index (χ1v) is 6.04. The average Bonchev–Trinajstić information content (AvgIpc) is 2.75. The molecule has 14 heavy (non-hydrogen) atoms. The first-order valence-electron chi connectivity index (χ1n) is 3.94. The second-order valence-electron chi connectivity index (χ2n) is 2.60. The van der Waals surface area contributed by atoms with E-state index >= 15 is 0 Å². The van der Waals surface area contributed by atoms with Crippen molar-refractivity contribution in [3.8, 4) is 5.19 Å². The number of ether oxygens (including phenoxy) is 1. The van der Waals surface area contributed by atoms with E-state index in [1.54, 1.807) is 17.5 Å². The van der Waals surface area contributed by atoms with Crippen LogP contribution in [0.4, 0.5) is 0 Å². The highest BCUT2D eigenvalue weighted by molar-refractivity contribution is 7.80. The van der Waals surface area contributed by atoms with Crippen LogP contribution >= 0.6 is 34.9 Å². The SMILES string of the molecule is Cc1ccc(C(=S)Oc2nccs2)s1. The second-order valence-corrected chi connectivity index (χ2v) is 5.11. The Morgan fingerprint density at radius 2 is 2.36 bits per heavy atom. The molecule has 2 nitrogen and oxygen atoms in total. The van der Waals surface area contributed by atoms with Crippen molar-refractivity contribution in [1.29, 1.82) is 0 Å². The molecule has 0 aliphatic heterocycles. The maximum Gasteiger partial charge on any atom is 0.279 e. The Labute approximate surface area is 95.2 Å². The monoisotopic (exact) mass is 241 g/mol. The lowest BCUT2D eigenvalue weighted by Crippen LogP contribution is -2.04. The molecular formula is C9H7NOS3. The van der Waals surface area contributed by atoms with Crippen LogP contribution in [0.1, 0.15) is 9.75 Å². The van der Waals surface area contributed by atoms with Gasteiger partial charge in [-0.15, -0.1) is 11.3 Å². The molecule has 0 aliphatic rings. The molecule has 72 valence electrons. The van der Waals surface area contributed by atoms with Crippen LogP contribution in [0.2, 0.25) is 0 Å². The molecule has 0 radical (unpaired) electrons.